The predicted octanol–water partition coefficient (Wildman–Crippen LogP) is 4.44. The third kappa shape index (κ3) is 5.55. The Balaban J connectivity index is 1.95. The molecule has 9 nitrogen and oxygen atoms in total. The van der Waals surface area contributed by atoms with Gasteiger partial charge in [-0.25, -0.2) is 9.78 Å². The molecule has 2 aromatic heterocycles. The van der Waals surface area contributed by atoms with Crippen molar-refractivity contribution in [2.45, 2.75) is 32.9 Å². The van der Waals surface area contributed by atoms with E-state index in [4.69, 9.17) is 38.7 Å². The zero-order chi connectivity index (χ0) is 27.4. The van der Waals surface area contributed by atoms with Crippen LogP contribution in [-0.2, 0) is 6.54 Å². The SMILES string of the molecule is COc1nn2c(=O)n(Cc3ccccc3)c([C@@H](C(C)C)N(CCCN)C(=O)c3ccc(Cl)cc3)nc2c1Cl. The summed E-state index contributed by atoms with van der Waals surface area (Å²) in [6.45, 7) is 4.95. The van der Waals surface area contributed by atoms with Gasteiger partial charge in [0.15, 0.2) is 5.65 Å². The van der Waals surface area contributed by atoms with Crippen molar-refractivity contribution in [2.24, 2.45) is 11.7 Å². The number of aromatic nitrogens is 4. The van der Waals surface area contributed by atoms with Crippen LogP contribution in [0.2, 0.25) is 10.0 Å². The van der Waals surface area contributed by atoms with Crippen molar-refractivity contribution in [3.05, 3.63) is 92.1 Å². The molecule has 2 aromatic carbocycles. The predicted molar refractivity (Wildman–Crippen MR) is 148 cm³/mol. The standard InChI is InChI=1S/C27H30Cl2N6O3/c1-17(2)22(33(15-7-14-30)26(36)19-10-12-20(28)13-11-19)24-31-23-21(29)25(38-3)32-35(23)27(37)34(24)16-18-8-5-4-6-9-18/h4-6,8-13,17,22H,7,14-16,30H2,1-3H3/t22-/m1/s1. The normalized spacial score (nSPS) is 12.2. The highest BCUT2D eigenvalue weighted by atomic mass is 35.5. The van der Waals surface area contributed by atoms with Crippen LogP contribution in [0.5, 0.6) is 5.88 Å². The molecule has 11 heteroatoms. The second-order valence-corrected chi connectivity index (χ2v) is 10.0. The zero-order valence-electron chi connectivity index (χ0n) is 21.5. The number of hydrogen-bond donors (Lipinski definition) is 1. The number of rotatable bonds is 10. The number of nitrogens with two attached hydrogens (primary N) is 1. The van der Waals surface area contributed by atoms with Crippen molar-refractivity contribution < 1.29 is 9.53 Å². The van der Waals surface area contributed by atoms with Crippen molar-refractivity contribution >= 4 is 34.8 Å². The maximum atomic E-state index is 13.9. The van der Waals surface area contributed by atoms with Gasteiger partial charge in [0.05, 0.1) is 19.7 Å². The molecule has 0 saturated heterocycles. The highest BCUT2D eigenvalue weighted by molar-refractivity contribution is 6.34. The molecule has 0 bridgehead atoms. The molecule has 0 spiro atoms. The number of fused-ring (bicyclic) bond motifs is 1. The summed E-state index contributed by atoms with van der Waals surface area (Å²) < 4.78 is 7.93. The Morgan fingerprint density at radius 1 is 1.11 bits per heavy atom. The summed E-state index contributed by atoms with van der Waals surface area (Å²) in [6.07, 6.45) is 0.564. The lowest BCUT2D eigenvalue weighted by Crippen LogP contribution is -2.43. The Labute approximate surface area is 230 Å². The number of methoxy groups -OCH3 is 1. The van der Waals surface area contributed by atoms with Crippen molar-refractivity contribution in [3.8, 4) is 5.88 Å². The molecule has 0 aliphatic carbocycles. The van der Waals surface area contributed by atoms with Crippen LogP contribution in [0.3, 0.4) is 0 Å². The van der Waals surface area contributed by atoms with Gasteiger partial charge < -0.3 is 15.4 Å². The fourth-order valence-electron chi connectivity index (χ4n) is 4.44. The summed E-state index contributed by atoms with van der Waals surface area (Å²) in [5.41, 5.74) is 6.93. The van der Waals surface area contributed by atoms with Crippen molar-refractivity contribution in [3.63, 3.8) is 0 Å². The molecule has 0 radical (unpaired) electrons. The van der Waals surface area contributed by atoms with E-state index >= 15 is 0 Å². The third-order valence-electron chi connectivity index (χ3n) is 6.25. The van der Waals surface area contributed by atoms with Crippen LogP contribution in [0.25, 0.3) is 5.65 Å². The lowest BCUT2D eigenvalue weighted by atomic mass is 9.99. The summed E-state index contributed by atoms with van der Waals surface area (Å²) in [7, 11) is 1.42. The van der Waals surface area contributed by atoms with Gasteiger partial charge in [0, 0.05) is 17.1 Å². The fourth-order valence-corrected chi connectivity index (χ4v) is 4.80. The van der Waals surface area contributed by atoms with Gasteiger partial charge in [0.25, 0.3) is 11.8 Å². The molecule has 0 aliphatic rings. The quantitative estimate of drug-likeness (QED) is 0.309. The van der Waals surface area contributed by atoms with E-state index in [9.17, 15) is 9.59 Å². The molecule has 0 saturated carbocycles. The van der Waals surface area contributed by atoms with Crippen LogP contribution < -0.4 is 16.2 Å². The van der Waals surface area contributed by atoms with Gasteiger partial charge in [-0.2, -0.15) is 4.52 Å². The maximum Gasteiger partial charge on any atom is 0.352 e. The number of nitrogens with zero attached hydrogens (tertiary/aromatic N) is 5. The molecule has 4 rings (SSSR count). The molecule has 0 aliphatic heterocycles. The van der Waals surface area contributed by atoms with Crippen molar-refractivity contribution in [1.29, 1.82) is 0 Å². The first-order valence-electron chi connectivity index (χ1n) is 12.3. The minimum atomic E-state index is -0.580. The molecular formula is C27H30Cl2N6O3. The van der Waals surface area contributed by atoms with E-state index in [0.29, 0.717) is 35.9 Å². The summed E-state index contributed by atoms with van der Waals surface area (Å²) >= 11 is 12.6. The first-order chi connectivity index (χ1) is 18.3. The molecule has 1 atom stereocenters. The van der Waals surface area contributed by atoms with Crippen LogP contribution in [-0.4, -0.2) is 50.2 Å². The number of hydrogen-bond acceptors (Lipinski definition) is 6. The maximum absolute atomic E-state index is 13.9. The number of halogens is 2. The van der Waals surface area contributed by atoms with E-state index in [1.54, 1.807) is 33.7 Å². The minimum absolute atomic E-state index is 0.0954. The van der Waals surface area contributed by atoms with Crippen LogP contribution in [0.1, 0.15) is 48.1 Å². The fraction of sp³-hybridized carbons (Fsp3) is 0.333. The Bertz CT molecular complexity index is 1470. The second-order valence-electron chi connectivity index (χ2n) is 9.22. The minimum Gasteiger partial charge on any atom is -0.479 e. The zero-order valence-corrected chi connectivity index (χ0v) is 23.0. The Morgan fingerprint density at radius 3 is 2.39 bits per heavy atom. The molecule has 2 heterocycles. The second kappa shape index (κ2) is 12.0. The molecule has 2 N–H and O–H groups in total. The molecular weight excluding hydrogens is 527 g/mol. The van der Waals surface area contributed by atoms with Gasteiger partial charge in [-0.05, 0) is 48.7 Å². The first-order valence-corrected chi connectivity index (χ1v) is 13.1. The summed E-state index contributed by atoms with van der Waals surface area (Å²) in [4.78, 5) is 34.3. The van der Waals surface area contributed by atoms with Gasteiger partial charge in [-0.1, -0.05) is 67.4 Å². The topological polar surface area (TPSA) is 108 Å². The highest BCUT2D eigenvalue weighted by Gasteiger charge is 2.33. The van der Waals surface area contributed by atoms with E-state index in [0.717, 1.165) is 10.1 Å². The van der Waals surface area contributed by atoms with Gasteiger partial charge in [0.2, 0.25) is 0 Å². The molecule has 0 unspecified atom stereocenters. The Morgan fingerprint density at radius 2 is 1.79 bits per heavy atom. The lowest BCUT2D eigenvalue weighted by molar-refractivity contribution is 0.0601. The summed E-state index contributed by atoms with van der Waals surface area (Å²) in [5, 5.41) is 4.87. The number of benzene rings is 2. The number of carbonyl (C=O) groups excluding carboxylic acids is 1. The van der Waals surface area contributed by atoms with Gasteiger partial charge >= 0.3 is 5.69 Å². The van der Waals surface area contributed by atoms with E-state index in [1.165, 1.54) is 7.11 Å². The summed E-state index contributed by atoms with van der Waals surface area (Å²) in [5.74, 6) is 0.151. The average Bonchev–Trinajstić information content (AvgIpc) is 3.24. The monoisotopic (exact) mass is 556 g/mol. The molecule has 4 aromatic rings. The van der Waals surface area contributed by atoms with Gasteiger partial charge in [0.1, 0.15) is 10.8 Å². The third-order valence-corrected chi connectivity index (χ3v) is 6.83. The van der Waals surface area contributed by atoms with Crippen LogP contribution >= 0.6 is 23.2 Å². The van der Waals surface area contributed by atoms with Crippen LogP contribution in [0, 0.1) is 5.92 Å². The molecule has 38 heavy (non-hydrogen) atoms. The number of ether oxygens (including phenoxy) is 1. The van der Waals surface area contributed by atoms with Crippen molar-refractivity contribution in [2.75, 3.05) is 20.2 Å². The van der Waals surface area contributed by atoms with E-state index in [1.807, 2.05) is 44.2 Å². The largest absolute Gasteiger partial charge is 0.479 e. The lowest BCUT2D eigenvalue weighted by Gasteiger charge is -2.35. The first kappa shape index (κ1) is 27.6. The van der Waals surface area contributed by atoms with E-state index in [2.05, 4.69) is 5.10 Å². The summed E-state index contributed by atoms with van der Waals surface area (Å²) in [6, 6.07) is 15.7. The van der Waals surface area contributed by atoms with Gasteiger partial charge in [-0.15, -0.1) is 5.10 Å². The van der Waals surface area contributed by atoms with E-state index < -0.39 is 11.7 Å². The number of amides is 1. The van der Waals surface area contributed by atoms with E-state index in [-0.39, 0.29) is 34.9 Å². The smallest absolute Gasteiger partial charge is 0.352 e. The average molecular weight is 557 g/mol. The molecule has 200 valence electrons. The Kier molecular flexibility index (Phi) is 8.71. The molecule has 1 amide bonds. The Hall–Kier alpha value is -3.40. The van der Waals surface area contributed by atoms with Crippen LogP contribution in [0.15, 0.2) is 59.4 Å². The van der Waals surface area contributed by atoms with Crippen LogP contribution in [0.4, 0.5) is 0 Å². The van der Waals surface area contributed by atoms with Gasteiger partial charge in [-0.3, -0.25) is 9.36 Å². The highest BCUT2D eigenvalue weighted by Crippen LogP contribution is 2.32. The molecule has 0 fully saturated rings. The van der Waals surface area contributed by atoms with Crippen molar-refractivity contribution in [1.82, 2.24) is 24.1 Å². The number of carbonyl (C=O) groups is 1.